The first-order chi connectivity index (χ1) is 13.5. The predicted octanol–water partition coefficient (Wildman–Crippen LogP) is 3.91. The van der Waals surface area contributed by atoms with Crippen molar-refractivity contribution in [2.75, 3.05) is 11.1 Å². The van der Waals surface area contributed by atoms with E-state index in [0.29, 0.717) is 0 Å². The Labute approximate surface area is 165 Å². The van der Waals surface area contributed by atoms with Crippen LogP contribution in [-0.4, -0.2) is 20.9 Å². The quantitative estimate of drug-likeness (QED) is 0.603. The van der Waals surface area contributed by atoms with Gasteiger partial charge in [-0.3, -0.25) is 0 Å². The van der Waals surface area contributed by atoms with Crippen LogP contribution in [0, 0.1) is 5.82 Å². The number of ether oxygens (including phenoxy) is 1. The molecular formula is C19H17ClFN5O2. The van der Waals surface area contributed by atoms with Crippen LogP contribution in [0.3, 0.4) is 0 Å². The summed E-state index contributed by atoms with van der Waals surface area (Å²) in [5.74, 6) is -1.32. The number of para-hydroxylation sites is 1. The molecular weight excluding hydrogens is 385 g/mol. The number of aromatic nitrogens is 3. The number of nitrogen functional groups attached to an aromatic ring is 1. The van der Waals surface area contributed by atoms with E-state index >= 15 is 0 Å². The van der Waals surface area contributed by atoms with Gasteiger partial charge in [0.05, 0.1) is 5.56 Å². The Bertz CT molecular complexity index is 1020. The number of carbonyl (C=O) groups excluding carboxylic acids is 1. The number of rotatable bonds is 6. The number of hydrogen-bond donors (Lipinski definition) is 2. The highest BCUT2D eigenvalue weighted by atomic mass is 35.5. The number of aryl methyl sites for hydroxylation is 1. The van der Waals surface area contributed by atoms with Crippen molar-refractivity contribution in [2.24, 2.45) is 0 Å². The maximum absolute atomic E-state index is 13.8. The fourth-order valence-corrected chi connectivity index (χ4v) is 2.65. The standard InChI is InChI=1S/C19H17ClFN5O2/c1-2-11-5-3-4-6-15(11)23-19-25-16(24-18(22)26-19)10-28-17(27)13-8-7-12(20)9-14(13)21/h3-9H,2,10H2,1H3,(H3,22,23,24,25,26). The second-order valence-electron chi connectivity index (χ2n) is 5.77. The number of nitrogens with one attached hydrogen (secondary N) is 1. The van der Waals surface area contributed by atoms with Gasteiger partial charge in [0.25, 0.3) is 0 Å². The fourth-order valence-electron chi connectivity index (χ4n) is 2.49. The Morgan fingerprint density at radius 1 is 1.21 bits per heavy atom. The van der Waals surface area contributed by atoms with Gasteiger partial charge in [-0.15, -0.1) is 0 Å². The summed E-state index contributed by atoms with van der Waals surface area (Å²) in [6.45, 7) is 1.74. The van der Waals surface area contributed by atoms with Crippen LogP contribution >= 0.6 is 11.6 Å². The van der Waals surface area contributed by atoms with Crippen molar-refractivity contribution in [1.29, 1.82) is 0 Å². The lowest BCUT2D eigenvalue weighted by Gasteiger charge is -2.11. The molecule has 3 aromatic rings. The molecule has 0 bridgehead atoms. The number of nitrogens with two attached hydrogens (primary N) is 1. The van der Waals surface area contributed by atoms with Crippen molar-refractivity contribution in [3.8, 4) is 0 Å². The first kappa shape index (κ1) is 19.5. The van der Waals surface area contributed by atoms with Crippen LogP contribution in [0.2, 0.25) is 5.02 Å². The van der Waals surface area contributed by atoms with Gasteiger partial charge in [0, 0.05) is 10.7 Å². The summed E-state index contributed by atoms with van der Waals surface area (Å²) in [6.07, 6.45) is 0.820. The lowest BCUT2D eigenvalue weighted by atomic mass is 10.1. The van der Waals surface area contributed by atoms with E-state index < -0.39 is 11.8 Å². The molecule has 3 rings (SSSR count). The van der Waals surface area contributed by atoms with Gasteiger partial charge in [-0.2, -0.15) is 15.0 Å². The minimum atomic E-state index is -0.862. The van der Waals surface area contributed by atoms with Gasteiger partial charge in [0.15, 0.2) is 12.4 Å². The number of nitrogens with zero attached hydrogens (tertiary/aromatic N) is 3. The first-order valence-corrected chi connectivity index (χ1v) is 8.81. The molecule has 1 heterocycles. The normalized spacial score (nSPS) is 10.5. The average Bonchev–Trinajstić information content (AvgIpc) is 2.66. The molecule has 0 spiro atoms. The van der Waals surface area contributed by atoms with Crippen molar-refractivity contribution >= 4 is 35.2 Å². The number of carbonyl (C=O) groups is 1. The summed E-state index contributed by atoms with van der Waals surface area (Å²) in [5.41, 5.74) is 7.40. The van der Waals surface area contributed by atoms with Crippen LogP contribution in [0.25, 0.3) is 0 Å². The Balaban J connectivity index is 1.73. The van der Waals surface area contributed by atoms with E-state index in [0.717, 1.165) is 23.7 Å². The number of halogens is 2. The zero-order chi connectivity index (χ0) is 20.1. The first-order valence-electron chi connectivity index (χ1n) is 8.43. The van der Waals surface area contributed by atoms with Crippen molar-refractivity contribution in [3.05, 3.63) is 70.3 Å². The molecule has 0 aliphatic carbocycles. The highest BCUT2D eigenvalue weighted by Crippen LogP contribution is 2.20. The summed E-state index contributed by atoms with van der Waals surface area (Å²) in [7, 11) is 0. The lowest BCUT2D eigenvalue weighted by Crippen LogP contribution is -2.12. The average molecular weight is 402 g/mol. The Morgan fingerprint density at radius 3 is 2.75 bits per heavy atom. The highest BCUT2D eigenvalue weighted by molar-refractivity contribution is 6.30. The van der Waals surface area contributed by atoms with Gasteiger partial charge in [-0.25, -0.2) is 9.18 Å². The summed E-state index contributed by atoms with van der Waals surface area (Å²) in [5, 5.41) is 3.26. The van der Waals surface area contributed by atoms with E-state index in [9.17, 15) is 9.18 Å². The van der Waals surface area contributed by atoms with Crippen LogP contribution in [0.15, 0.2) is 42.5 Å². The van der Waals surface area contributed by atoms with Gasteiger partial charge in [0.2, 0.25) is 11.9 Å². The molecule has 28 heavy (non-hydrogen) atoms. The van der Waals surface area contributed by atoms with Crippen molar-refractivity contribution in [1.82, 2.24) is 15.0 Å². The summed E-state index contributed by atoms with van der Waals surface area (Å²) in [6, 6.07) is 11.4. The van der Waals surface area contributed by atoms with Crippen molar-refractivity contribution in [3.63, 3.8) is 0 Å². The number of hydrogen-bond acceptors (Lipinski definition) is 7. The van der Waals surface area contributed by atoms with Gasteiger partial charge >= 0.3 is 5.97 Å². The van der Waals surface area contributed by atoms with Crippen LogP contribution in [0.4, 0.5) is 22.0 Å². The second kappa shape index (κ2) is 8.62. The number of anilines is 3. The highest BCUT2D eigenvalue weighted by Gasteiger charge is 2.15. The van der Waals surface area contributed by atoms with E-state index in [-0.39, 0.29) is 34.9 Å². The van der Waals surface area contributed by atoms with E-state index in [4.69, 9.17) is 22.1 Å². The fraction of sp³-hybridized carbons (Fsp3) is 0.158. The molecule has 0 unspecified atom stereocenters. The maximum Gasteiger partial charge on any atom is 0.341 e. The van der Waals surface area contributed by atoms with Gasteiger partial charge < -0.3 is 15.8 Å². The predicted molar refractivity (Wildman–Crippen MR) is 104 cm³/mol. The number of benzene rings is 2. The summed E-state index contributed by atoms with van der Waals surface area (Å²) in [4.78, 5) is 24.3. The van der Waals surface area contributed by atoms with E-state index in [1.165, 1.54) is 12.1 Å². The van der Waals surface area contributed by atoms with Crippen LogP contribution in [0.5, 0.6) is 0 Å². The van der Waals surface area contributed by atoms with Crippen molar-refractivity contribution in [2.45, 2.75) is 20.0 Å². The second-order valence-corrected chi connectivity index (χ2v) is 6.21. The van der Waals surface area contributed by atoms with Gasteiger partial charge in [-0.1, -0.05) is 36.7 Å². The number of esters is 1. The Hall–Kier alpha value is -3.26. The van der Waals surface area contributed by atoms with Gasteiger partial charge in [0.1, 0.15) is 5.82 Å². The summed E-state index contributed by atoms with van der Waals surface area (Å²) >= 11 is 5.68. The van der Waals surface area contributed by atoms with E-state index in [1.807, 2.05) is 31.2 Å². The van der Waals surface area contributed by atoms with E-state index in [1.54, 1.807) is 0 Å². The monoisotopic (exact) mass is 401 g/mol. The molecule has 1 aromatic heterocycles. The molecule has 0 atom stereocenters. The molecule has 7 nitrogen and oxygen atoms in total. The van der Waals surface area contributed by atoms with Gasteiger partial charge in [-0.05, 0) is 36.2 Å². The Kier molecular flexibility index (Phi) is 6.00. The molecule has 3 N–H and O–H groups in total. The third kappa shape index (κ3) is 4.72. The third-order valence-corrected chi connectivity index (χ3v) is 4.06. The molecule has 0 saturated heterocycles. The molecule has 0 radical (unpaired) electrons. The third-order valence-electron chi connectivity index (χ3n) is 3.83. The molecule has 0 fully saturated rings. The SMILES string of the molecule is CCc1ccccc1Nc1nc(N)nc(COC(=O)c2ccc(Cl)cc2F)n1. The topological polar surface area (TPSA) is 103 Å². The molecule has 0 aliphatic heterocycles. The minimum absolute atomic E-state index is 0.0322. The molecule has 144 valence electrons. The van der Waals surface area contributed by atoms with Crippen molar-refractivity contribution < 1.29 is 13.9 Å². The van der Waals surface area contributed by atoms with Crippen LogP contribution in [0.1, 0.15) is 28.7 Å². The minimum Gasteiger partial charge on any atom is -0.454 e. The summed E-state index contributed by atoms with van der Waals surface area (Å²) < 4.78 is 18.9. The zero-order valence-corrected chi connectivity index (χ0v) is 15.7. The Morgan fingerprint density at radius 2 is 2.00 bits per heavy atom. The largest absolute Gasteiger partial charge is 0.454 e. The smallest absolute Gasteiger partial charge is 0.341 e. The lowest BCUT2D eigenvalue weighted by molar-refractivity contribution is 0.0457. The molecule has 9 heteroatoms. The van der Waals surface area contributed by atoms with Crippen LogP contribution in [-0.2, 0) is 17.8 Å². The van der Waals surface area contributed by atoms with E-state index in [2.05, 4.69) is 20.3 Å². The molecule has 0 saturated carbocycles. The molecule has 0 aliphatic rings. The van der Waals surface area contributed by atoms with Crippen LogP contribution < -0.4 is 11.1 Å². The molecule has 0 amide bonds. The zero-order valence-electron chi connectivity index (χ0n) is 14.9. The maximum atomic E-state index is 13.8. The molecule has 2 aromatic carbocycles.